The molecule has 0 radical (unpaired) electrons. The zero-order valence-corrected chi connectivity index (χ0v) is 27.7. The molecule has 6 rings (SSSR count). The average Bonchev–Trinajstić information content (AvgIpc) is 3.14. The van der Waals surface area contributed by atoms with Gasteiger partial charge in [-0.2, -0.15) is 4.28 Å². The van der Waals surface area contributed by atoms with Crippen LogP contribution in [0.15, 0.2) is 132 Å². The van der Waals surface area contributed by atoms with Crippen LogP contribution in [0.1, 0.15) is 34.3 Å². The Labute approximate surface area is 288 Å². The van der Waals surface area contributed by atoms with Crippen molar-refractivity contribution in [3.8, 4) is 0 Å². The third-order valence-electron chi connectivity index (χ3n) is 8.57. The summed E-state index contributed by atoms with van der Waals surface area (Å²) in [5.74, 6) is -1.94. The number of hydrogen-bond donors (Lipinski definition) is 3. The largest absolute Gasteiger partial charge is 0.347 e. The molecule has 1 heterocycles. The lowest BCUT2D eigenvalue weighted by Gasteiger charge is -2.32. The summed E-state index contributed by atoms with van der Waals surface area (Å²) in [7, 11) is 0. The quantitative estimate of drug-likeness (QED) is 0.110. The van der Waals surface area contributed by atoms with Crippen molar-refractivity contribution in [1.29, 1.82) is 0 Å². The maximum Gasteiger partial charge on any atom is 0.289 e. The van der Waals surface area contributed by atoms with Crippen LogP contribution in [0.25, 0.3) is 10.8 Å². The number of hydrogen-bond acceptors (Lipinski definition) is 7. The SMILES string of the molecule is O=C(NC1CCN(Cc2ccccc2)CC1)C(=O)[C@H](Cc1ccccc1)NC(=O)c1cccc(NOS(=O)c2ccc3ccccc3c2)c1. The number of anilines is 1. The third kappa shape index (κ3) is 9.26. The molecule has 1 aliphatic rings. The van der Waals surface area contributed by atoms with Gasteiger partial charge < -0.3 is 10.6 Å². The maximum atomic E-state index is 13.6. The molecule has 0 aliphatic carbocycles. The van der Waals surface area contributed by atoms with E-state index < -0.39 is 34.7 Å². The summed E-state index contributed by atoms with van der Waals surface area (Å²) in [5, 5.41) is 7.67. The Morgan fingerprint density at radius 3 is 2.16 bits per heavy atom. The Morgan fingerprint density at radius 2 is 1.43 bits per heavy atom. The summed E-state index contributed by atoms with van der Waals surface area (Å²) >= 11 is -1.82. The fourth-order valence-electron chi connectivity index (χ4n) is 5.92. The molecule has 0 saturated carbocycles. The number of amides is 2. The monoisotopic (exact) mass is 674 g/mol. The van der Waals surface area contributed by atoms with Gasteiger partial charge in [0.25, 0.3) is 11.8 Å². The van der Waals surface area contributed by atoms with E-state index >= 15 is 0 Å². The summed E-state index contributed by atoms with van der Waals surface area (Å²) in [6.07, 6.45) is 1.62. The molecule has 1 fully saturated rings. The normalized spacial score (nSPS) is 14.9. The standard InChI is InChI=1S/C39H38N4O5S/c44-37(39(46)40-33-20-22-43(23-21-33)27-29-12-5-2-6-13-29)36(24-28-10-3-1-4-11-28)41-38(45)32-16-9-17-34(25-32)42-48-49(47)35-19-18-30-14-7-8-15-31(30)26-35/h1-19,25-26,33,36,42H,20-24,27H2,(H,40,46)(H,41,45)/t36-,49?/m0/s1. The van der Waals surface area contributed by atoms with E-state index in [4.69, 9.17) is 4.28 Å². The van der Waals surface area contributed by atoms with Gasteiger partial charge in [0.1, 0.15) is 6.04 Å². The van der Waals surface area contributed by atoms with Gasteiger partial charge in [0.2, 0.25) is 16.9 Å². The lowest BCUT2D eigenvalue weighted by molar-refractivity contribution is -0.139. The molecule has 1 saturated heterocycles. The lowest BCUT2D eigenvalue weighted by Crippen LogP contribution is -2.52. The Hall–Kier alpha value is -5.16. The van der Waals surface area contributed by atoms with E-state index in [1.165, 1.54) is 11.6 Å². The first-order chi connectivity index (χ1) is 23.9. The summed E-state index contributed by atoms with van der Waals surface area (Å²) in [5.41, 5.74) is 5.35. The number of nitrogens with zero attached hydrogens (tertiary/aromatic N) is 1. The van der Waals surface area contributed by atoms with E-state index in [0.29, 0.717) is 10.6 Å². The Bertz CT molecular complexity index is 1930. The lowest BCUT2D eigenvalue weighted by atomic mass is 9.99. The Kier molecular flexibility index (Phi) is 11.2. The first kappa shape index (κ1) is 33.7. The molecule has 250 valence electrons. The van der Waals surface area contributed by atoms with Crippen LogP contribution < -0.4 is 16.1 Å². The number of piperidine rings is 1. The molecular weight excluding hydrogens is 637 g/mol. The predicted octanol–water partition coefficient (Wildman–Crippen LogP) is 5.60. The van der Waals surface area contributed by atoms with E-state index in [1.807, 2.05) is 78.9 Å². The highest BCUT2D eigenvalue weighted by atomic mass is 32.2. The van der Waals surface area contributed by atoms with E-state index in [1.54, 1.807) is 30.3 Å². The van der Waals surface area contributed by atoms with Crippen molar-refractivity contribution in [1.82, 2.24) is 15.5 Å². The van der Waals surface area contributed by atoms with Crippen LogP contribution in [0.3, 0.4) is 0 Å². The highest BCUT2D eigenvalue weighted by Gasteiger charge is 2.30. The van der Waals surface area contributed by atoms with Crippen molar-refractivity contribution in [2.24, 2.45) is 0 Å². The molecule has 49 heavy (non-hydrogen) atoms. The van der Waals surface area contributed by atoms with Gasteiger partial charge in [0.15, 0.2) is 0 Å². The molecule has 5 aromatic rings. The fourth-order valence-corrected chi connectivity index (χ4v) is 6.59. The molecule has 2 amide bonds. The van der Waals surface area contributed by atoms with Crippen LogP contribution in [-0.4, -0.2) is 51.9 Å². The number of benzene rings is 5. The highest BCUT2D eigenvalue weighted by Crippen LogP contribution is 2.20. The molecule has 0 bridgehead atoms. The predicted molar refractivity (Wildman–Crippen MR) is 191 cm³/mol. The molecule has 5 aromatic carbocycles. The van der Waals surface area contributed by atoms with Crippen LogP contribution in [0, 0.1) is 0 Å². The second kappa shape index (κ2) is 16.3. The summed E-state index contributed by atoms with van der Waals surface area (Å²) < 4.78 is 18.3. The summed E-state index contributed by atoms with van der Waals surface area (Å²) in [6.45, 7) is 2.46. The van der Waals surface area contributed by atoms with Crippen molar-refractivity contribution < 1.29 is 22.9 Å². The number of nitrogens with one attached hydrogen (secondary N) is 3. The number of likely N-dealkylation sites (tertiary alicyclic amines) is 1. The molecule has 1 unspecified atom stereocenters. The second-order valence-electron chi connectivity index (χ2n) is 12.1. The minimum absolute atomic E-state index is 0.125. The Balaban J connectivity index is 1.06. The van der Waals surface area contributed by atoms with Gasteiger partial charge in [-0.25, -0.2) is 4.21 Å². The molecule has 9 nitrogen and oxygen atoms in total. The van der Waals surface area contributed by atoms with Crippen molar-refractivity contribution in [3.63, 3.8) is 0 Å². The molecular formula is C39H38N4O5S. The first-order valence-electron chi connectivity index (χ1n) is 16.3. The molecule has 0 aromatic heterocycles. The van der Waals surface area contributed by atoms with Gasteiger partial charge in [-0.05, 0) is 65.1 Å². The van der Waals surface area contributed by atoms with Crippen molar-refractivity contribution in [3.05, 3.63) is 144 Å². The van der Waals surface area contributed by atoms with E-state index in [9.17, 15) is 18.6 Å². The number of fused-ring (bicyclic) bond motifs is 1. The van der Waals surface area contributed by atoms with Crippen molar-refractivity contribution in [2.75, 3.05) is 18.6 Å². The summed E-state index contributed by atoms with van der Waals surface area (Å²) in [4.78, 5) is 43.1. The number of carbonyl (C=O) groups is 3. The number of Topliss-reactive ketones (excluding diaryl/α,β-unsaturated/α-hetero) is 1. The maximum absolute atomic E-state index is 13.6. The van der Waals surface area contributed by atoms with Crippen LogP contribution in [0.4, 0.5) is 5.69 Å². The van der Waals surface area contributed by atoms with Crippen LogP contribution in [0.5, 0.6) is 0 Å². The minimum atomic E-state index is -1.82. The molecule has 2 atom stereocenters. The number of rotatable bonds is 13. The second-order valence-corrected chi connectivity index (χ2v) is 13.2. The number of ketones is 1. The molecule has 0 spiro atoms. The van der Waals surface area contributed by atoms with Gasteiger partial charge in [0.05, 0.1) is 10.6 Å². The topological polar surface area (TPSA) is 117 Å². The van der Waals surface area contributed by atoms with E-state index in [0.717, 1.165) is 48.8 Å². The van der Waals surface area contributed by atoms with Gasteiger partial charge in [-0.3, -0.25) is 24.8 Å². The molecule has 1 aliphatic heterocycles. The molecule has 10 heteroatoms. The zero-order valence-electron chi connectivity index (χ0n) is 26.9. The van der Waals surface area contributed by atoms with Crippen molar-refractivity contribution in [2.45, 2.75) is 42.8 Å². The fraction of sp³-hybridized carbons (Fsp3) is 0.205. The third-order valence-corrected chi connectivity index (χ3v) is 9.45. The van der Waals surface area contributed by atoms with Crippen molar-refractivity contribution >= 4 is 45.1 Å². The average molecular weight is 675 g/mol. The van der Waals surface area contributed by atoms with Crippen LogP contribution in [0.2, 0.25) is 0 Å². The number of carbonyl (C=O) groups excluding carboxylic acids is 3. The van der Waals surface area contributed by atoms with E-state index in [-0.39, 0.29) is 18.0 Å². The first-order valence-corrected chi connectivity index (χ1v) is 17.4. The van der Waals surface area contributed by atoms with Crippen LogP contribution >= 0.6 is 0 Å². The molecule has 3 N–H and O–H groups in total. The Morgan fingerprint density at radius 1 is 0.755 bits per heavy atom. The smallest absolute Gasteiger partial charge is 0.289 e. The summed E-state index contributed by atoms with van der Waals surface area (Å²) in [6, 6.07) is 37.9. The zero-order chi connectivity index (χ0) is 34.0. The van der Waals surface area contributed by atoms with Crippen LogP contribution in [-0.2, 0) is 37.9 Å². The van der Waals surface area contributed by atoms with E-state index in [2.05, 4.69) is 33.1 Å². The minimum Gasteiger partial charge on any atom is -0.347 e. The van der Waals surface area contributed by atoms with Gasteiger partial charge >= 0.3 is 0 Å². The van der Waals surface area contributed by atoms with Gasteiger partial charge in [-0.15, -0.1) is 0 Å². The van der Waals surface area contributed by atoms with Gasteiger partial charge in [0, 0.05) is 37.7 Å². The highest BCUT2D eigenvalue weighted by molar-refractivity contribution is 7.80. The van der Waals surface area contributed by atoms with Gasteiger partial charge in [-0.1, -0.05) is 97.1 Å².